The smallest absolute Gasteiger partial charge is 0.343 e. The Morgan fingerprint density at radius 2 is 2.06 bits per heavy atom. The molecule has 2 aromatic heterocycles. The van der Waals surface area contributed by atoms with Crippen molar-refractivity contribution in [1.82, 2.24) is 19.5 Å². The van der Waals surface area contributed by atoms with Crippen molar-refractivity contribution in [2.75, 3.05) is 16.7 Å². The van der Waals surface area contributed by atoms with Crippen molar-refractivity contribution >= 4 is 33.1 Å². The van der Waals surface area contributed by atoms with Crippen LogP contribution in [0.1, 0.15) is 41.3 Å². The Morgan fingerprint density at radius 1 is 1.31 bits per heavy atom. The lowest BCUT2D eigenvalue weighted by Crippen LogP contribution is -2.29. The van der Waals surface area contributed by atoms with Crippen LogP contribution in [0.15, 0.2) is 24.4 Å². The highest BCUT2D eigenvalue weighted by atomic mass is 32.2. The van der Waals surface area contributed by atoms with Gasteiger partial charge in [0.15, 0.2) is 11.5 Å². The summed E-state index contributed by atoms with van der Waals surface area (Å²) in [6.07, 6.45) is 5.19. The van der Waals surface area contributed by atoms with Crippen LogP contribution in [0.25, 0.3) is 16.9 Å². The van der Waals surface area contributed by atoms with Gasteiger partial charge in [-0.05, 0) is 55.0 Å². The molecular formula is C21H24N6O4S. The molecule has 1 aromatic carbocycles. The topological polar surface area (TPSA) is 143 Å². The van der Waals surface area contributed by atoms with Crippen LogP contribution in [0.4, 0.5) is 11.5 Å². The summed E-state index contributed by atoms with van der Waals surface area (Å²) in [7, 11) is -3.49. The van der Waals surface area contributed by atoms with Gasteiger partial charge in [0, 0.05) is 30.9 Å². The molecule has 1 saturated carbocycles. The Labute approximate surface area is 185 Å². The molecular weight excluding hydrogens is 432 g/mol. The standard InChI is InChI=1S/C21H24N6O4S/c1-11(12-3-4-12)26-9-14-7-13(8-17(15(14)10-26)25-32(2,30)31)16-5-6-27-20(23-16)18(21(28)29)19(22)24-27/h5-8,11-12,25H,3-4,9-10H2,1-2H3,(H2,22,24)(H,28,29)/t11-/m0/s1. The van der Waals surface area contributed by atoms with Gasteiger partial charge < -0.3 is 10.8 Å². The fraction of sp³-hybridized carbons (Fsp3) is 0.381. The first-order valence-corrected chi connectivity index (χ1v) is 12.3. The molecule has 5 rings (SSSR count). The molecule has 1 aliphatic carbocycles. The number of benzene rings is 1. The van der Waals surface area contributed by atoms with Crippen molar-refractivity contribution in [2.45, 2.75) is 38.9 Å². The number of nitrogens with two attached hydrogens (primary N) is 1. The number of anilines is 2. The molecule has 2 aliphatic rings. The Hall–Kier alpha value is -3.18. The number of sulfonamides is 1. The van der Waals surface area contributed by atoms with E-state index in [0.717, 1.165) is 23.9 Å². The SMILES string of the molecule is C[C@@H](C1CC1)N1Cc2cc(-c3ccn4nc(N)c(C(=O)O)c4n3)cc(NS(C)(=O)=O)c2C1. The van der Waals surface area contributed by atoms with Crippen LogP contribution in [0.3, 0.4) is 0 Å². The number of carboxylic acid groups (broad SMARTS) is 1. The fourth-order valence-electron chi connectivity index (χ4n) is 4.45. The third-order valence-electron chi connectivity index (χ3n) is 6.27. The van der Waals surface area contributed by atoms with E-state index in [-0.39, 0.29) is 17.0 Å². The van der Waals surface area contributed by atoms with Crippen molar-refractivity contribution < 1.29 is 18.3 Å². The number of aromatic nitrogens is 3. The molecule has 11 heteroatoms. The lowest BCUT2D eigenvalue weighted by Gasteiger charge is -2.23. The highest BCUT2D eigenvalue weighted by Gasteiger charge is 2.35. The molecule has 1 fully saturated rings. The van der Waals surface area contributed by atoms with Gasteiger partial charge in [0.2, 0.25) is 10.0 Å². The van der Waals surface area contributed by atoms with E-state index in [2.05, 4.69) is 26.6 Å². The zero-order valence-corrected chi connectivity index (χ0v) is 18.6. The van der Waals surface area contributed by atoms with E-state index in [4.69, 9.17) is 5.73 Å². The highest BCUT2D eigenvalue weighted by molar-refractivity contribution is 7.92. The Morgan fingerprint density at radius 3 is 2.72 bits per heavy atom. The number of nitrogens with zero attached hydrogens (tertiary/aromatic N) is 4. The van der Waals surface area contributed by atoms with E-state index in [1.54, 1.807) is 18.3 Å². The summed E-state index contributed by atoms with van der Waals surface area (Å²) in [5.41, 5.74) is 9.45. The van der Waals surface area contributed by atoms with Crippen LogP contribution >= 0.6 is 0 Å². The summed E-state index contributed by atoms with van der Waals surface area (Å²) in [6.45, 7) is 3.63. The van der Waals surface area contributed by atoms with Crippen molar-refractivity contribution in [1.29, 1.82) is 0 Å². The predicted molar refractivity (Wildman–Crippen MR) is 120 cm³/mol. The molecule has 0 spiro atoms. The molecule has 168 valence electrons. The summed E-state index contributed by atoms with van der Waals surface area (Å²) in [4.78, 5) is 18.5. The van der Waals surface area contributed by atoms with Crippen LogP contribution in [0.2, 0.25) is 0 Å². The minimum atomic E-state index is -3.49. The van der Waals surface area contributed by atoms with Gasteiger partial charge in [-0.25, -0.2) is 22.7 Å². The van der Waals surface area contributed by atoms with Crippen LogP contribution in [-0.2, 0) is 23.1 Å². The maximum atomic E-state index is 12.0. The zero-order chi connectivity index (χ0) is 22.8. The summed E-state index contributed by atoms with van der Waals surface area (Å²) >= 11 is 0. The molecule has 3 aromatic rings. The van der Waals surface area contributed by atoms with Gasteiger partial charge in [-0.1, -0.05) is 0 Å². The molecule has 0 amide bonds. The van der Waals surface area contributed by atoms with Gasteiger partial charge in [0.05, 0.1) is 17.6 Å². The number of nitrogens with one attached hydrogen (secondary N) is 1. The van der Waals surface area contributed by atoms with Gasteiger partial charge in [-0.15, -0.1) is 5.10 Å². The van der Waals surface area contributed by atoms with Crippen LogP contribution in [-0.4, -0.2) is 51.3 Å². The number of carbonyl (C=O) groups is 1. The zero-order valence-electron chi connectivity index (χ0n) is 17.7. The molecule has 1 aliphatic heterocycles. The van der Waals surface area contributed by atoms with Gasteiger partial charge in [-0.3, -0.25) is 9.62 Å². The number of hydrogen-bond acceptors (Lipinski definition) is 7. The van der Waals surface area contributed by atoms with Crippen LogP contribution in [0.5, 0.6) is 0 Å². The van der Waals surface area contributed by atoms with Gasteiger partial charge in [0.1, 0.15) is 5.56 Å². The molecule has 10 nitrogen and oxygen atoms in total. The minimum absolute atomic E-state index is 0.111. The number of rotatable bonds is 6. The highest BCUT2D eigenvalue weighted by Crippen LogP contribution is 2.41. The molecule has 4 N–H and O–H groups in total. The third-order valence-corrected chi connectivity index (χ3v) is 6.87. The average Bonchev–Trinajstić information content (AvgIpc) is 3.36. The molecule has 0 radical (unpaired) electrons. The fourth-order valence-corrected chi connectivity index (χ4v) is 5.03. The van der Waals surface area contributed by atoms with Gasteiger partial charge in [0.25, 0.3) is 0 Å². The second-order valence-corrected chi connectivity index (χ2v) is 10.4. The van der Waals surface area contributed by atoms with E-state index in [1.165, 1.54) is 17.4 Å². The molecule has 3 heterocycles. The number of nitrogen functional groups attached to an aromatic ring is 1. The van der Waals surface area contributed by atoms with Gasteiger partial charge >= 0.3 is 5.97 Å². The normalized spacial score (nSPS) is 17.4. The third kappa shape index (κ3) is 3.67. The largest absolute Gasteiger partial charge is 0.477 e. The molecule has 0 saturated heterocycles. The summed E-state index contributed by atoms with van der Waals surface area (Å²) in [6, 6.07) is 5.89. The quantitative estimate of drug-likeness (QED) is 0.512. The average molecular weight is 457 g/mol. The first-order chi connectivity index (χ1) is 15.1. The molecule has 1 atom stereocenters. The van der Waals surface area contributed by atoms with Crippen molar-refractivity contribution in [3.8, 4) is 11.3 Å². The Kier molecular flexibility index (Phi) is 4.64. The maximum absolute atomic E-state index is 12.0. The lowest BCUT2D eigenvalue weighted by molar-refractivity contribution is 0.0700. The Balaban J connectivity index is 1.61. The van der Waals surface area contributed by atoms with E-state index in [1.807, 2.05) is 6.07 Å². The minimum Gasteiger partial charge on any atom is -0.477 e. The molecule has 0 bridgehead atoms. The molecule has 32 heavy (non-hydrogen) atoms. The Bertz CT molecular complexity index is 1360. The summed E-state index contributed by atoms with van der Waals surface area (Å²) < 4.78 is 28.1. The summed E-state index contributed by atoms with van der Waals surface area (Å²) in [5, 5.41) is 13.5. The number of aromatic carboxylic acids is 1. The number of hydrogen-bond donors (Lipinski definition) is 3. The second-order valence-electron chi connectivity index (χ2n) is 8.67. The number of carboxylic acids is 1. The van der Waals surface area contributed by atoms with E-state index in [0.29, 0.717) is 35.4 Å². The van der Waals surface area contributed by atoms with Crippen molar-refractivity contribution in [3.63, 3.8) is 0 Å². The maximum Gasteiger partial charge on any atom is 0.343 e. The van der Waals surface area contributed by atoms with Gasteiger partial charge in [-0.2, -0.15) is 0 Å². The number of fused-ring (bicyclic) bond motifs is 2. The first kappa shape index (κ1) is 20.7. The van der Waals surface area contributed by atoms with E-state index >= 15 is 0 Å². The van der Waals surface area contributed by atoms with Crippen LogP contribution < -0.4 is 10.5 Å². The molecule has 0 unspecified atom stereocenters. The van der Waals surface area contributed by atoms with E-state index < -0.39 is 16.0 Å². The van der Waals surface area contributed by atoms with Crippen LogP contribution in [0, 0.1) is 5.92 Å². The second kappa shape index (κ2) is 7.17. The van der Waals surface area contributed by atoms with Crippen molar-refractivity contribution in [2.24, 2.45) is 5.92 Å². The first-order valence-electron chi connectivity index (χ1n) is 10.4. The van der Waals surface area contributed by atoms with Crippen molar-refractivity contribution in [3.05, 3.63) is 41.1 Å². The van der Waals surface area contributed by atoms with E-state index in [9.17, 15) is 18.3 Å². The summed E-state index contributed by atoms with van der Waals surface area (Å²) in [5.74, 6) is -0.624. The lowest BCUT2D eigenvalue weighted by atomic mass is 10.0. The monoisotopic (exact) mass is 456 g/mol. The predicted octanol–water partition coefficient (Wildman–Crippen LogP) is 2.16.